The molecule has 1 atom stereocenters. The standard InChI is InChI=1S/C12H21NO4/c1-12(2,3)17-11(15)13-7-10(14)9-5-4-6-16-8-9/h9H,4-8H2,1-3H3,(H,13,15). The molecule has 98 valence electrons. The molecule has 0 saturated carbocycles. The average Bonchev–Trinajstić information content (AvgIpc) is 2.25. The summed E-state index contributed by atoms with van der Waals surface area (Å²) in [5.74, 6) is -0.0748. The molecule has 0 aliphatic carbocycles. The van der Waals surface area contributed by atoms with Crippen molar-refractivity contribution in [1.29, 1.82) is 0 Å². The van der Waals surface area contributed by atoms with Gasteiger partial charge in [0.2, 0.25) is 0 Å². The molecule has 1 heterocycles. The fraction of sp³-hybridized carbons (Fsp3) is 0.833. The average molecular weight is 243 g/mol. The van der Waals surface area contributed by atoms with Crippen LogP contribution in [0.3, 0.4) is 0 Å². The zero-order chi connectivity index (χ0) is 12.9. The topological polar surface area (TPSA) is 64.6 Å². The number of rotatable bonds is 3. The Kier molecular flexibility index (Phi) is 4.93. The maximum Gasteiger partial charge on any atom is 0.408 e. The van der Waals surface area contributed by atoms with E-state index in [0.29, 0.717) is 6.61 Å². The van der Waals surface area contributed by atoms with Gasteiger partial charge in [0.25, 0.3) is 0 Å². The van der Waals surface area contributed by atoms with E-state index in [1.807, 2.05) is 0 Å². The number of carbonyl (C=O) groups is 2. The summed E-state index contributed by atoms with van der Waals surface area (Å²) in [6.45, 7) is 6.55. The molecule has 0 spiro atoms. The molecule has 0 aromatic rings. The second-order valence-electron chi connectivity index (χ2n) is 5.24. The number of nitrogens with one attached hydrogen (secondary N) is 1. The molecular formula is C12H21NO4. The predicted octanol–water partition coefficient (Wildman–Crippen LogP) is 1.51. The van der Waals surface area contributed by atoms with Crippen molar-refractivity contribution in [3.05, 3.63) is 0 Å². The number of amides is 1. The lowest BCUT2D eigenvalue weighted by Gasteiger charge is -2.22. The molecule has 1 saturated heterocycles. The van der Waals surface area contributed by atoms with E-state index in [4.69, 9.17) is 9.47 Å². The van der Waals surface area contributed by atoms with Gasteiger partial charge < -0.3 is 14.8 Å². The Bertz CT molecular complexity index is 277. The van der Waals surface area contributed by atoms with Gasteiger partial charge in [0.1, 0.15) is 5.60 Å². The van der Waals surface area contributed by atoms with E-state index in [2.05, 4.69) is 5.32 Å². The van der Waals surface area contributed by atoms with E-state index < -0.39 is 11.7 Å². The highest BCUT2D eigenvalue weighted by Crippen LogP contribution is 2.14. The van der Waals surface area contributed by atoms with Gasteiger partial charge >= 0.3 is 6.09 Å². The maximum absolute atomic E-state index is 11.7. The summed E-state index contributed by atoms with van der Waals surface area (Å²) in [7, 11) is 0. The smallest absolute Gasteiger partial charge is 0.408 e. The van der Waals surface area contributed by atoms with E-state index in [1.54, 1.807) is 20.8 Å². The van der Waals surface area contributed by atoms with Crippen LogP contribution >= 0.6 is 0 Å². The zero-order valence-electron chi connectivity index (χ0n) is 10.7. The van der Waals surface area contributed by atoms with Crippen LogP contribution in [0.5, 0.6) is 0 Å². The van der Waals surface area contributed by atoms with Crippen molar-refractivity contribution >= 4 is 11.9 Å². The van der Waals surface area contributed by atoms with Gasteiger partial charge in [-0.2, -0.15) is 0 Å². The van der Waals surface area contributed by atoms with Crippen molar-refractivity contribution in [2.24, 2.45) is 5.92 Å². The van der Waals surface area contributed by atoms with E-state index in [9.17, 15) is 9.59 Å². The molecule has 0 radical (unpaired) electrons. The van der Waals surface area contributed by atoms with E-state index >= 15 is 0 Å². The molecule has 1 N–H and O–H groups in total. The largest absolute Gasteiger partial charge is 0.444 e. The number of hydrogen-bond donors (Lipinski definition) is 1. The van der Waals surface area contributed by atoms with Gasteiger partial charge in [-0.25, -0.2) is 4.79 Å². The molecular weight excluding hydrogens is 222 g/mol. The third-order valence-electron chi connectivity index (χ3n) is 2.42. The maximum atomic E-state index is 11.7. The van der Waals surface area contributed by atoms with Crippen molar-refractivity contribution in [2.75, 3.05) is 19.8 Å². The van der Waals surface area contributed by atoms with E-state index in [-0.39, 0.29) is 18.2 Å². The van der Waals surface area contributed by atoms with Gasteiger partial charge in [-0.15, -0.1) is 0 Å². The van der Waals surface area contributed by atoms with Gasteiger partial charge in [-0.3, -0.25) is 4.79 Å². The molecule has 1 fully saturated rings. The SMILES string of the molecule is CC(C)(C)OC(=O)NCC(=O)C1CCCOC1. The van der Waals surface area contributed by atoms with Crippen LogP contribution in [-0.4, -0.2) is 37.2 Å². The minimum atomic E-state index is -0.553. The van der Waals surface area contributed by atoms with Crippen molar-refractivity contribution < 1.29 is 19.1 Å². The quantitative estimate of drug-likeness (QED) is 0.816. The molecule has 0 bridgehead atoms. The van der Waals surface area contributed by atoms with Crippen LogP contribution in [0.25, 0.3) is 0 Å². The molecule has 1 aliphatic heterocycles. The van der Waals surface area contributed by atoms with Gasteiger partial charge in [0.05, 0.1) is 13.2 Å². The summed E-state index contributed by atoms with van der Waals surface area (Å²) in [5.41, 5.74) is -0.541. The summed E-state index contributed by atoms with van der Waals surface area (Å²) >= 11 is 0. The van der Waals surface area contributed by atoms with Crippen LogP contribution in [0.4, 0.5) is 4.79 Å². The number of Topliss-reactive ketones (excluding diaryl/α,β-unsaturated/α-hetero) is 1. The molecule has 5 heteroatoms. The molecule has 17 heavy (non-hydrogen) atoms. The molecule has 0 aromatic carbocycles. The van der Waals surface area contributed by atoms with Crippen LogP contribution < -0.4 is 5.32 Å². The van der Waals surface area contributed by atoms with Crippen LogP contribution in [0.15, 0.2) is 0 Å². The zero-order valence-corrected chi connectivity index (χ0v) is 10.7. The lowest BCUT2D eigenvalue weighted by molar-refractivity contribution is -0.125. The number of ketones is 1. The lowest BCUT2D eigenvalue weighted by atomic mass is 9.97. The summed E-state index contributed by atoms with van der Waals surface area (Å²) in [4.78, 5) is 23.0. The fourth-order valence-corrected chi connectivity index (χ4v) is 1.61. The monoisotopic (exact) mass is 243 g/mol. The van der Waals surface area contributed by atoms with E-state index in [1.165, 1.54) is 0 Å². The number of hydrogen-bond acceptors (Lipinski definition) is 4. The van der Waals surface area contributed by atoms with Crippen molar-refractivity contribution in [2.45, 2.75) is 39.2 Å². The number of carbonyl (C=O) groups excluding carboxylic acids is 2. The van der Waals surface area contributed by atoms with Crippen molar-refractivity contribution in [3.8, 4) is 0 Å². The molecule has 0 aromatic heterocycles. The summed E-state index contributed by atoms with van der Waals surface area (Å²) < 4.78 is 10.3. The molecule has 1 amide bonds. The third-order valence-corrected chi connectivity index (χ3v) is 2.42. The predicted molar refractivity (Wildman–Crippen MR) is 62.8 cm³/mol. The highest BCUT2D eigenvalue weighted by molar-refractivity contribution is 5.86. The first-order valence-corrected chi connectivity index (χ1v) is 5.96. The van der Waals surface area contributed by atoms with Gasteiger partial charge in [-0.05, 0) is 33.6 Å². The van der Waals surface area contributed by atoms with Crippen LogP contribution in [0.2, 0.25) is 0 Å². The Labute approximate surface area is 102 Å². The minimum Gasteiger partial charge on any atom is -0.444 e. The number of alkyl carbamates (subject to hydrolysis) is 1. The first-order valence-electron chi connectivity index (χ1n) is 5.96. The molecule has 1 unspecified atom stereocenters. The Hall–Kier alpha value is -1.10. The first kappa shape index (κ1) is 14.0. The molecule has 1 aliphatic rings. The van der Waals surface area contributed by atoms with E-state index in [0.717, 1.165) is 19.4 Å². The second-order valence-corrected chi connectivity index (χ2v) is 5.24. The lowest BCUT2D eigenvalue weighted by Crippen LogP contribution is -2.38. The Morgan fingerprint density at radius 1 is 1.41 bits per heavy atom. The molecule has 5 nitrogen and oxygen atoms in total. The highest BCUT2D eigenvalue weighted by Gasteiger charge is 2.23. The third kappa shape index (κ3) is 5.68. The van der Waals surface area contributed by atoms with Gasteiger partial charge in [0.15, 0.2) is 5.78 Å². The number of ether oxygens (including phenoxy) is 2. The second kappa shape index (κ2) is 6.00. The minimum absolute atomic E-state index is 0.00978. The van der Waals surface area contributed by atoms with Gasteiger partial charge in [0, 0.05) is 12.5 Å². The normalized spacial score (nSPS) is 20.8. The summed E-state index contributed by atoms with van der Waals surface area (Å²) in [5, 5.41) is 2.47. The van der Waals surface area contributed by atoms with Crippen molar-refractivity contribution in [3.63, 3.8) is 0 Å². The van der Waals surface area contributed by atoms with Crippen molar-refractivity contribution in [1.82, 2.24) is 5.32 Å². The van der Waals surface area contributed by atoms with Gasteiger partial charge in [-0.1, -0.05) is 0 Å². The first-order chi connectivity index (χ1) is 7.88. The Balaban J connectivity index is 2.25. The van der Waals surface area contributed by atoms with Crippen LogP contribution in [0.1, 0.15) is 33.6 Å². The molecule has 1 rings (SSSR count). The Morgan fingerprint density at radius 2 is 2.12 bits per heavy atom. The Morgan fingerprint density at radius 3 is 2.65 bits per heavy atom. The fourth-order valence-electron chi connectivity index (χ4n) is 1.61. The highest BCUT2D eigenvalue weighted by atomic mass is 16.6. The summed E-state index contributed by atoms with van der Waals surface area (Å²) in [6, 6.07) is 0. The summed E-state index contributed by atoms with van der Waals surface area (Å²) in [6.07, 6.45) is 1.19. The van der Waals surface area contributed by atoms with Crippen LogP contribution in [-0.2, 0) is 14.3 Å². The van der Waals surface area contributed by atoms with Crippen LogP contribution in [0, 0.1) is 5.92 Å².